The molecule has 0 bridgehead atoms. The third-order valence-corrected chi connectivity index (χ3v) is 1.51. The van der Waals surface area contributed by atoms with E-state index in [2.05, 4.69) is 20.3 Å². The lowest BCUT2D eigenvalue weighted by molar-refractivity contribution is 0.777. The van der Waals surface area contributed by atoms with E-state index in [1.54, 1.807) is 0 Å². The molecule has 1 aromatic carbocycles. The molecule has 0 aliphatic heterocycles. The molecule has 0 fully saturated rings. The highest BCUT2D eigenvalue weighted by molar-refractivity contribution is 5.50. The highest BCUT2D eigenvalue weighted by atomic mass is 14.6. The Morgan fingerprint density at radius 3 is 2.45 bits per heavy atom. The van der Waals surface area contributed by atoms with Gasteiger partial charge in [0.05, 0.1) is 0 Å². The van der Waals surface area contributed by atoms with Crippen LogP contribution in [0, 0.1) is 12.3 Å². The molecule has 1 heteroatoms. The zero-order valence-electron chi connectivity index (χ0n) is 7.04. The van der Waals surface area contributed by atoms with Crippen LogP contribution in [0.3, 0.4) is 0 Å². The van der Waals surface area contributed by atoms with Crippen molar-refractivity contribution in [3.05, 3.63) is 36.2 Å². The molecule has 11 heavy (non-hydrogen) atoms. The van der Waals surface area contributed by atoms with Crippen molar-refractivity contribution < 1.29 is 0 Å². The minimum atomic E-state index is 0.555. The van der Waals surface area contributed by atoms with Gasteiger partial charge in [-0.3, -0.25) is 0 Å². The molecule has 0 saturated carbocycles. The molecule has 2 N–H and O–H groups in total. The van der Waals surface area contributed by atoms with Crippen LogP contribution >= 0.6 is 0 Å². The Morgan fingerprint density at radius 1 is 1.27 bits per heavy atom. The second kappa shape index (κ2) is 3.42. The topological polar surface area (TPSA) is 26.0 Å². The predicted octanol–water partition coefficient (Wildman–Crippen LogP) is 2.48. The van der Waals surface area contributed by atoms with Crippen LogP contribution in [0.4, 0.5) is 5.69 Å². The van der Waals surface area contributed by atoms with Gasteiger partial charge in [0.1, 0.15) is 0 Å². The number of nitrogen functional groups attached to an aromatic ring is 1. The van der Waals surface area contributed by atoms with Crippen LogP contribution in [0.1, 0.15) is 19.4 Å². The Morgan fingerprint density at radius 2 is 1.91 bits per heavy atom. The van der Waals surface area contributed by atoms with E-state index in [0.29, 0.717) is 5.92 Å². The Balaban J connectivity index is 2.78. The molecule has 59 valence electrons. The lowest BCUT2D eigenvalue weighted by Gasteiger charge is -2.06. The third-order valence-electron chi connectivity index (χ3n) is 1.51. The fourth-order valence-corrected chi connectivity index (χ4v) is 1.02. The standard InChI is InChI=1S/C10H14N/c1-8(2)7-9-5-3-4-6-10(9)11/h3-8H,11H2,1-2H3. The van der Waals surface area contributed by atoms with Gasteiger partial charge in [0.25, 0.3) is 0 Å². The summed E-state index contributed by atoms with van der Waals surface area (Å²) in [6, 6.07) is 7.92. The molecule has 1 aromatic rings. The minimum absolute atomic E-state index is 0.555. The van der Waals surface area contributed by atoms with E-state index < -0.39 is 0 Å². The van der Waals surface area contributed by atoms with E-state index in [4.69, 9.17) is 5.73 Å². The largest absolute Gasteiger partial charge is 0.398 e. The van der Waals surface area contributed by atoms with Gasteiger partial charge in [-0.1, -0.05) is 32.0 Å². The fourth-order valence-electron chi connectivity index (χ4n) is 1.02. The van der Waals surface area contributed by atoms with Gasteiger partial charge in [0.15, 0.2) is 0 Å². The second-order valence-electron chi connectivity index (χ2n) is 3.04. The normalized spacial score (nSPS) is 10.5. The lowest BCUT2D eigenvalue weighted by Crippen LogP contribution is -1.96. The first kappa shape index (κ1) is 8.12. The van der Waals surface area contributed by atoms with Gasteiger partial charge in [-0.2, -0.15) is 0 Å². The summed E-state index contributed by atoms with van der Waals surface area (Å²) in [7, 11) is 0. The molecule has 0 spiro atoms. The van der Waals surface area contributed by atoms with Crippen LogP contribution in [-0.2, 0) is 0 Å². The molecule has 0 unspecified atom stereocenters. The van der Waals surface area contributed by atoms with Crippen molar-refractivity contribution in [2.45, 2.75) is 13.8 Å². The van der Waals surface area contributed by atoms with Crippen molar-refractivity contribution in [1.82, 2.24) is 0 Å². The van der Waals surface area contributed by atoms with Crippen molar-refractivity contribution >= 4 is 5.69 Å². The fraction of sp³-hybridized carbons (Fsp3) is 0.300. The Hall–Kier alpha value is -0.980. The zero-order valence-corrected chi connectivity index (χ0v) is 7.04. The summed E-state index contributed by atoms with van der Waals surface area (Å²) in [6.45, 7) is 4.29. The predicted molar refractivity (Wildman–Crippen MR) is 49.1 cm³/mol. The summed E-state index contributed by atoms with van der Waals surface area (Å²) >= 11 is 0. The van der Waals surface area contributed by atoms with Crippen LogP contribution in [0.2, 0.25) is 0 Å². The first-order valence-electron chi connectivity index (χ1n) is 3.89. The van der Waals surface area contributed by atoms with Crippen molar-refractivity contribution in [1.29, 1.82) is 0 Å². The number of hydrogen-bond donors (Lipinski definition) is 1. The lowest BCUT2D eigenvalue weighted by atomic mass is 10.0. The van der Waals surface area contributed by atoms with Crippen LogP contribution < -0.4 is 5.73 Å². The van der Waals surface area contributed by atoms with E-state index in [1.165, 1.54) is 0 Å². The summed E-state index contributed by atoms with van der Waals surface area (Å²) in [5, 5.41) is 0. The number of para-hydroxylation sites is 1. The summed E-state index contributed by atoms with van der Waals surface area (Å²) in [5.41, 5.74) is 7.74. The number of benzene rings is 1. The quantitative estimate of drug-likeness (QED) is 0.640. The maximum atomic E-state index is 5.74. The monoisotopic (exact) mass is 148 g/mol. The van der Waals surface area contributed by atoms with E-state index in [9.17, 15) is 0 Å². The molecule has 0 aliphatic carbocycles. The first-order valence-corrected chi connectivity index (χ1v) is 3.89. The molecule has 0 saturated heterocycles. The van der Waals surface area contributed by atoms with Crippen LogP contribution in [-0.4, -0.2) is 0 Å². The summed E-state index contributed by atoms with van der Waals surface area (Å²) in [4.78, 5) is 0. The smallest absolute Gasteiger partial charge is 0.0349 e. The van der Waals surface area contributed by atoms with Gasteiger partial charge in [-0.25, -0.2) is 0 Å². The number of nitrogens with two attached hydrogens (primary N) is 1. The second-order valence-corrected chi connectivity index (χ2v) is 3.04. The summed E-state index contributed by atoms with van der Waals surface area (Å²) < 4.78 is 0. The highest BCUT2D eigenvalue weighted by Crippen LogP contribution is 2.16. The average Bonchev–Trinajstić information content (AvgIpc) is 1.93. The zero-order chi connectivity index (χ0) is 8.27. The van der Waals surface area contributed by atoms with Gasteiger partial charge < -0.3 is 5.73 Å². The van der Waals surface area contributed by atoms with E-state index in [0.717, 1.165) is 11.3 Å². The molecular formula is C10H14N. The van der Waals surface area contributed by atoms with Crippen molar-refractivity contribution in [2.24, 2.45) is 5.92 Å². The molecule has 1 radical (unpaired) electrons. The molecule has 0 atom stereocenters. The van der Waals surface area contributed by atoms with Gasteiger partial charge in [0.2, 0.25) is 0 Å². The minimum Gasteiger partial charge on any atom is -0.398 e. The van der Waals surface area contributed by atoms with Crippen molar-refractivity contribution in [3.63, 3.8) is 0 Å². The summed E-state index contributed by atoms with van der Waals surface area (Å²) in [6.07, 6.45) is 2.16. The maximum Gasteiger partial charge on any atom is 0.0349 e. The highest BCUT2D eigenvalue weighted by Gasteiger charge is 2.00. The van der Waals surface area contributed by atoms with Crippen LogP contribution in [0.25, 0.3) is 0 Å². The van der Waals surface area contributed by atoms with E-state index in [1.807, 2.05) is 24.3 Å². The molecule has 0 amide bonds. The SMILES string of the molecule is CC(C)[CH]c1ccccc1N. The molecule has 0 heterocycles. The van der Waals surface area contributed by atoms with Crippen molar-refractivity contribution in [2.75, 3.05) is 5.73 Å². The van der Waals surface area contributed by atoms with Gasteiger partial charge >= 0.3 is 0 Å². The summed E-state index contributed by atoms with van der Waals surface area (Å²) in [5.74, 6) is 0.555. The maximum absolute atomic E-state index is 5.74. The van der Waals surface area contributed by atoms with Crippen molar-refractivity contribution in [3.8, 4) is 0 Å². The van der Waals surface area contributed by atoms with Crippen LogP contribution in [0.5, 0.6) is 0 Å². The number of anilines is 1. The van der Waals surface area contributed by atoms with E-state index >= 15 is 0 Å². The number of hydrogen-bond acceptors (Lipinski definition) is 1. The van der Waals surface area contributed by atoms with E-state index in [-0.39, 0.29) is 0 Å². The third kappa shape index (κ3) is 2.26. The molecule has 0 aromatic heterocycles. The molecule has 0 aliphatic rings. The molecule has 1 rings (SSSR count). The van der Waals surface area contributed by atoms with Gasteiger partial charge in [-0.15, -0.1) is 0 Å². The Labute approximate surface area is 68.2 Å². The average molecular weight is 148 g/mol. The molecular weight excluding hydrogens is 134 g/mol. The Bertz CT molecular complexity index is 228. The Kier molecular flexibility index (Phi) is 2.53. The number of rotatable bonds is 2. The van der Waals surface area contributed by atoms with Gasteiger partial charge in [0, 0.05) is 5.69 Å². The van der Waals surface area contributed by atoms with Gasteiger partial charge in [-0.05, 0) is 24.0 Å². The van der Waals surface area contributed by atoms with Crippen LogP contribution in [0.15, 0.2) is 24.3 Å². The molecule has 1 nitrogen and oxygen atoms in total. The first-order chi connectivity index (χ1) is 5.20.